The summed E-state index contributed by atoms with van der Waals surface area (Å²) in [7, 11) is 1.61. The number of carbonyl (C=O) groups is 1. The molecule has 0 aliphatic heterocycles. The topological polar surface area (TPSA) is 97.4 Å². The third-order valence-corrected chi connectivity index (χ3v) is 3.58. The number of nitrogens with one attached hydrogen (secondary N) is 1. The van der Waals surface area contributed by atoms with Crippen molar-refractivity contribution in [1.82, 2.24) is 9.55 Å². The summed E-state index contributed by atoms with van der Waals surface area (Å²) in [6.45, 7) is 0. The van der Waals surface area contributed by atoms with Crippen molar-refractivity contribution in [1.29, 1.82) is 0 Å². The predicted octanol–water partition coefficient (Wildman–Crippen LogP) is 2.73. The molecular formula is C14H10BrN3O4. The van der Waals surface area contributed by atoms with E-state index in [0.29, 0.717) is 27.1 Å². The first-order valence-electron chi connectivity index (χ1n) is 6.22. The number of aromatic carboxylic acids is 1. The van der Waals surface area contributed by atoms with E-state index in [1.165, 1.54) is 4.57 Å². The number of aryl methyl sites for hydroxylation is 1. The maximum atomic E-state index is 11.5. The van der Waals surface area contributed by atoms with Crippen LogP contribution in [0.15, 0.2) is 44.1 Å². The normalized spacial score (nSPS) is 10.8. The molecule has 7 nitrogen and oxygen atoms in total. The van der Waals surface area contributed by atoms with E-state index in [-0.39, 0.29) is 5.69 Å². The highest BCUT2D eigenvalue weighted by molar-refractivity contribution is 9.10. The standard InChI is InChI=1S/C14H10BrN3O4/c1-18-9-4-2-7(6-10(9)22-14(18)21)16-8-3-5-11(15)17-12(8)13(19)20/h2-6,16H,1H3,(H,19,20). The summed E-state index contributed by atoms with van der Waals surface area (Å²) in [4.78, 5) is 26.6. The molecular weight excluding hydrogens is 354 g/mol. The van der Waals surface area contributed by atoms with Gasteiger partial charge < -0.3 is 14.8 Å². The van der Waals surface area contributed by atoms with E-state index in [0.717, 1.165) is 0 Å². The van der Waals surface area contributed by atoms with E-state index in [1.807, 2.05) is 0 Å². The summed E-state index contributed by atoms with van der Waals surface area (Å²) in [6, 6.07) is 8.31. The number of anilines is 2. The molecule has 0 amide bonds. The van der Waals surface area contributed by atoms with Crippen molar-refractivity contribution in [3.8, 4) is 0 Å². The van der Waals surface area contributed by atoms with E-state index in [2.05, 4.69) is 26.2 Å². The van der Waals surface area contributed by atoms with E-state index >= 15 is 0 Å². The Morgan fingerprint density at radius 3 is 2.86 bits per heavy atom. The highest BCUT2D eigenvalue weighted by Gasteiger charge is 2.13. The van der Waals surface area contributed by atoms with Gasteiger partial charge in [-0.25, -0.2) is 14.6 Å². The summed E-state index contributed by atoms with van der Waals surface area (Å²) < 4.78 is 6.92. The molecule has 3 aromatic rings. The Hall–Kier alpha value is -2.61. The van der Waals surface area contributed by atoms with Crippen molar-refractivity contribution < 1.29 is 14.3 Å². The van der Waals surface area contributed by atoms with Crippen molar-refractivity contribution in [2.75, 3.05) is 5.32 Å². The first-order valence-corrected chi connectivity index (χ1v) is 7.01. The lowest BCUT2D eigenvalue weighted by Crippen LogP contribution is -2.08. The van der Waals surface area contributed by atoms with E-state index < -0.39 is 11.7 Å². The Balaban J connectivity index is 2.03. The molecule has 0 spiro atoms. The lowest BCUT2D eigenvalue weighted by molar-refractivity contribution is 0.0691. The summed E-state index contributed by atoms with van der Waals surface area (Å²) in [5, 5.41) is 12.2. The van der Waals surface area contributed by atoms with Crippen LogP contribution in [0.2, 0.25) is 0 Å². The van der Waals surface area contributed by atoms with Crippen LogP contribution in [0.25, 0.3) is 11.1 Å². The zero-order chi connectivity index (χ0) is 15.9. The number of hydrogen-bond donors (Lipinski definition) is 2. The number of pyridine rings is 1. The van der Waals surface area contributed by atoms with E-state index in [9.17, 15) is 14.7 Å². The van der Waals surface area contributed by atoms with Gasteiger partial charge in [0.1, 0.15) is 4.60 Å². The quantitative estimate of drug-likeness (QED) is 0.694. The lowest BCUT2D eigenvalue weighted by atomic mass is 10.2. The molecule has 2 aromatic heterocycles. The molecule has 0 aliphatic carbocycles. The van der Waals surface area contributed by atoms with Gasteiger partial charge in [-0.1, -0.05) is 0 Å². The number of carboxylic acids is 1. The molecule has 112 valence electrons. The fourth-order valence-corrected chi connectivity index (χ4v) is 2.38. The van der Waals surface area contributed by atoms with Crippen molar-refractivity contribution in [2.24, 2.45) is 7.05 Å². The van der Waals surface area contributed by atoms with Gasteiger partial charge in [-0.15, -0.1) is 0 Å². The van der Waals surface area contributed by atoms with Crippen LogP contribution in [0.3, 0.4) is 0 Å². The summed E-state index contributed by atoms with van der Waals surface area (Å²) in [5.41, 5.74) is 1.90. The summed E-state index contributed by atoms with van der Waals surface area (Å²) >= 11 is 3.14. The van der Waals surface area contributed by atoms with Crippen LogP contribution in [0.5, 0.6) is 0 Å². The number of aromatic nitrogens is 2. The minimum Gasteiger partial charge on any atom is -0.476 e. The zero-order valence-corrected chi connectivity index (χ0v) is 12.9. The van der Waals surface area contributed by atoms with Gasteiger partial charge in [0.05, 0.1) is 11.2 Å². The van der Waals surface area contributed by atoms with Crippen molar-refractivity contribution in [3.63, 3.8) is 0 Å². The molecule has 0 unspecified atom stereocenters. The van der Waals surface area contributed by atoms with Gasteiger partial charge in [0, 0.05) is 18.8 Å². The molecule has 0 saturated carbocycles. The highest BCUT2D eigenvalue weighted by atomic mass is 79.9. The second-order valence-electron chi connectivity index (χ2n) is 4.57. The molecule has 0 bridgehead atoms. The zero-order valence-electron chi connectivity index (χ0n) is 11.3. The predicted molar refractivity (Wildman–Crippen MR) is 83.6 cm³/mol. The van der Waals surface area contributed by atoms with Crippen LogP contribution in [0.1, 0.15) is 10.5 Å². The van der Waals surface area contributed by atoms with Gasteiger partial charge >= 0.3 is 11.7 Å². The van der Waals surface area contributed by atoms with Crippen LogP contribution in [-0.4, -0.2) is 20.6 Å². The van der Waals surface area contributed by atoms with Gasteiger partial charge in [0.2, 0.25) is 0 Å². The molecule has 3 rings (SSSR count). The lowest BCUT2D eigenvalue weighted by Gasteiger charge is -2.09. The van der Waals surface area contributed by atoms with Gasteiger partial charge in [-0.2, -0.15) is 0 Å². The smallest absolute Gasteiger partial charge is 0.419 e. The molecule has 1 aromatic carbocycles. The fraction of sp³-hybridized carbons (Fsp3) is 0.0714. The number of halogens is 1. The SMILES string of the molecule is Cn1c(=O)oc2cc(Nc3ccc(Br)nc3C(=O)O)ccc21. The van der Waals surface area contributed by atoms with Crippen LogP contribution >= 0.6 is 15.9 Å². The third kappa shape index (κ3) is 2.48. The van der Waals surface area contributed by atoms with E-state index in [4.69, 9.17) is 4.42 Å². The van der Waals surface area contributed by atoms with Gasteiger partial charge in [-0.05, 0) is 40.2 Å². The number of carboxylic acid groups (broad SMARTS) is 1. The molecule has 2 heterocycles. The monoisotopic (exact) mass is 363 g/mol. The number of nitrogens with zero attached hydrogens (tertiary/aromatic N) is 2. The Kier molecular flexibility index (Phi) is 3.45. The van der Waals surface area contributed by atoms with Crippen LogP contribution in [0, 0.1) is 0 Å². The minimum atomic E-state index is -1.14. The summed E-state index contributed by atoms with van der Waals surface area (Å²) in [6.07, 6.45) is 0. The molecule has 8 heteroatoms. The number of oxazole rings is 1. The molecule has 22 heavy (non-hydrogen) atoms. The number of rotatable bonds is 3. The molecule has 0 fully saturated rings. The average molecular weight is 364 g/mol. The first-order chi connectivity index (χ1) is 10.5. The van der Waals surface area contributed by atoms with Crippen LogP contribution < -0.4 is 11.1 Å². The summed E-state index contributed by atoms with van der Waals surface area (Å²) in [5.74, 6) is -1.60. The second kappa shape index (κ2) is 5.30. The van der Waals surface area contributed by atoms with E-state index in [1.54, 1.807) is 37.4 Å². The molecule has 0 radical (unpaired) electrons. The minimum absolute atomic E-state index is 0.107. The molecule has 0 atom stereocenters. The van der Waals surface area contributed by atoms with Crippen molar-refractivity contribution in [3.05, 3.63) is 51.2 Å². The van der Waals surface area contributed by atoms with Crippen LogP contribution in [-0.2, 0) is 7.05 Å². The first kappa shape index (κ1) is 14.3. The van der Waals surface area contributed by atoms with Crippen molar-refractivity contribution in [2.45, 2.75) is 0 Å². The number of benzene rings is 1. The van der Waals surface area contributed by atoms with Crippen molar-refractivity contribution >= 4 is 44.4 Å². The number of hydrogen-bond acceptors (Lipinski definition) is 5. The highest BCUT2D eigenvalue weighted by Crippen LogP contribution is 2.24. The Morgan fingerprint density at radius 2 is 2.14 bits per heavy atom. The maximum absolute atomic E-state index is 11.5. The van der Waals surface area contributed by atoms with Crippen LogP contribution in [0.4, 0.5) is 11.4 Å². The van der Waals surface area contributed by atoms with Gasteiger partial charge in [0.15, 0.2) is 11.3 Å². The molecule has 0 aliphatic rings. The Bertz CT molecular complexity index is 945. The molecule has 2 N–H and O–H groups in total. The fourth-order valence-electron chi connectivity index (χ4n) is 2.07. The molecule has 0 saturated heterocycles. The maximum Gasteiger partial charge on any atom is 0.419 e. The van der Waals surface area contributed by atoms with Gasteiger partial charge in [-0.3, -0.25) is 4.57 Å². The number of fused-ring (bicyclic) bond motifs is 1. The third-order valence-electron chi connectivity index (χ3n) is 3.14. The Labute approximate surface area is 132 Å². The largest absolute Gasteiger partial charge is 0.476 e. The van der Waals surface area contributed by atoms with Gasteiger partial charge in [0.25, 0.3) is 0 Å². The Morgan fingerprint density at radius 1 is 1.36 bits per heavy atom. The average Bonchev–Trinajstić information content (AvgIpc) is 2.75. The second-order valence-corrected chi connectivity index (χ2v) is 5.38.